The highest BCUT2D eigenvalue weighted by molar-refractivity contribution is 6.31. The van der Waals surface area contributed by atoms with Gasteiger partial charge < -0.3 is 10.7 Å². The maximum atomic E-state index is 12.2. The Kier molecular flexibility index (Phi) is 4.55. The van der Waals surface area contributed by atoms with Gasteiger partial charge in [-0.3, -0.25) is 15.6 Å². The van der Waals surface area contributed by atoms with Crippen molar-refractivity contribution in [1.29, 1.82) is 0 Å². The molecule has 1 heterocycles. The van der Waals surface area contributed by atoms with Crippen molar-refractivity contribution in [3.8, 4) is 0 Å². The lowest BCUT2D eigenvalue weighted by atomic mass is 10.1. The molecule has 1 unspecified atom stereocenters. The maximum absolute atomic E-state index is 12.2. The highest BCUT2D eigenvalue weighted by Crippen LogP contribution is 2.23. The van der Waals surface area contributed by atoms with Crippen molar-refractivity contribution in [2.75, 3.05) is 5.43 Å². The third-order valence-corrected chi connectivity index (χ3v) is 3.28. The molecular formula is C14H15ClN4O. The molecule has 0 aliphatic heterocycles. The number of carbonyl (C=O) groups excluding carboxylic acids is 1. The van der Waals surface area contributed by atoms with Crippen LogP contribution in [0.2, 0.25) is 5.02 Å². The number of anilines is 1. The van der Waals surface area contributed by atoms with Crippen LogP contribution in [0.15, 0.2) is 42.7 Å². The van der Waals surface area contributed by atoms with Crippen LogP contribution in [-0.4, -0.2) is 10.9 Å². The zero-order valence-electron chi connectivity index (χ0n) is 10.9. The zero-order chi connectivity index (χ0) is 14.5. The van der Waals surface area contributed by atoms with E-state index in [-0.39, 0.29) is 11.9 Å². The van der Waals surface area contributed by atoms with Crippen LogP contribution in [0.3, 0.4) is 0 Å². The van der Waals surface area contributed by atoms with E-state index in [9.17, 15) is 4.79 Å². The summed E-state index contributed by atoms with van der Waals surface area (Å²) in [6.45, 7) is 1.87. The van der Waals surface area contributed by atoms with Gasteiger partial charge in [-0.05, 0) is 24.6 Å². The van der Waals surface area contributed by atoms with Crippen molar-refractivity contribution in [3.05, 3.63) is 58.9 Å². The lowest BCUT2D eigenvalue weighted by Crippen LogP contribution is -2.28. The van der Waals surface area contributed by atoms with Gasteiger partial charge >= 0.3 is 0 Å². The minimum absolute atomic E-state index is 0.220. The summed E-state index contributed by atoms with van der Waals surface area (Å²) in [4.78, 5) is 16.2. The van der Waals surface area contributed by atoms with Gasteiger partial charge in [-0.25, -0.2) is 0 Å². The Bertz CT molecular complexity index is 618. The molecule has 0 spiro atoms. The molecule has 2 rings (SSSR count). The zero-order valence-corrected chi connectivity index (χ0v) is 11.7. The highest BCUT2D eigenvalue weighted by atomic mass is 35.5. The molecular weight excluding hydrogens is 276 g/mol. The quantitative estimate of drug-likeness (QED) is 0.597. The molecule has 0 radical (unpaired) electrons. The molecule has 0 saturated carbocycles. The number of aromatic nitrogens is 1. The molecule has 0 saturated heterocycles. The van der Waals surface area contributed by atoms with Gasteiger partial charge in [0.1, 0.15) is 0 Å². The predicted molar refractivity (Wildman–Crippen MR) is 79.4 cm³/mol. The Hall–Kier alpha value is -2.11. The summed E-state index contributed by atoms with van der Waals surface area (Å²) in [7, 11) is 0. The number of halogens is 1. The molecule has 0 fully saturated rings. The van der Waals surface area contributed by atoms with Crippen LogP contribution in [-0.2, 0) is 0 Å². The van der Waals surface area contributed by atoms with Gasteiger partial charge in [0, 0.05) is 17.4 Å². The van der Waals surface area contributed by atoms with E-state index >= 15 is 0 Å². The standard InChI is InChI=1S/C14H15ClN4O/c1-9(10-4-2-3-5-12(10)15)18-14(20)11-8-17-7-6-13(11)19-16/h2-9H,16H2,1H3,(H,17,19)(H,18,20). The summed E-state index contributed by atoms with van der Waals surface area (Å²) in [5, 5.41) is 3.48. The summed E-state index contributed by atoms with van der Waals surface area (Å²) < 4.78 is 0. The molecule has 0 aliphatic rings. The van der Waals surface area contributed by atoms with Crippen molar-refractivity contribution in [3.63, 3.8) is 0 Å². The number of benzene rings is 1. The first kappa shape index (κ1) is 14.3. The van der Waals surface area contributed by atoms with Crippen LogP contribution >= 0.6 is 11.6 Å². The van der Waals surface area contributed by atoms with Crippen molar-refractivity contribution in [1.82, 2.24) is 10.3 Å². The Morgan fingerprint density at radius 3 is 2.80 bits per heavy atom. The van der Waals surface area contributed by atoms with Crippen molar-refractivity contribution in [2.24, 2.45) is 5.84 Å². The van der Waals surface area contributed by atoms with E-state index in [0.717, 1.165) is 5.56 Å². The van der Waals surface area contributed by atoms with Crippen LogP contribution in [0.1, 0.15) is 28.9 Å². The van der Waals surface area contributed by atoms with Gasteiger partial charge in [0.15, 0.2) is 0 Å². The number of amides is 1. The second kappa shape index (κ2) is 6.36. The van der Waals surface area contributed by atoms with Crippen molar-refractivity contribution >= 4 is 23.2 Å². The second-order valence-corrected chi connectivity index (χ2v) is 4.69. The summed E-state index contributed by atoms with van der Waals surface area (Å²) in [6, 6.07) is 8.80. The number of nitrogens with zero attached hydrogens (tertiary/aromatic N) is 1. The molecule has 1 aromatic heterocycles. The molecule has 0 aliphatic carbocycles. The van der Waals surface area contributed by atoms with E-state index in [0.29, 0.717) is 16.3 Å². The van der Waals surface area contributed by atoms with Crippen LogP contribution in [0.25, 0.3) is 0 Å². The Balaban J connectivity index is 2.18. The van der Waals surface area contributed by atoms with E-state index in [1.165, 1.54) is 6.20 Å². The number of nitrogen functional groups attached to an aromatic ring is 1. The maximum Gasteiger partial charge on any atom is 0.255 e. The fourth-order valence-electron chi connectivity index (χ4n) is 1.88. The minimum atomic E-state index is -0.265. The first-order valence-electron chi connectivity index (χ1n) is 6.09. The lowest BCUT2D eigenvalue weighted by Gasteiger charge is -2.16. The first-order chi connectivity index (χ1) is 9.63. The van der Waals surface area contributed by atoms with E-state index in [2.05, 4.69) is 15.7 Å². The fourth-order valence-corrected chi connectivity index (χ4v) is 2.18. The molecule has 6 heteroatoms. The number of nitrogens with one attached hydrogen (secondary N) is 2. The van der Waals surface area contributed by atoms with E-state index in [1.54, 1.807) is 18.3 Å². The van der Waals surface area contributed by atoms with Gasteiger partial charge in [0.2, 0.25) is 0 Å². The summed E-state index contributed by atoms with van der Waals surface area (Å²) in [6.07, 6.45) is 3.02. The number of hydrogen-bond donors (Lipinski definition) is 3. The fraction of sp³-hybridized carbons (Fsp3) is 0.143. The molecule has 5 nitrogen and oxygen atoms in total. The van der Waals surface area contributed by atoms with E-state index in [1.807, 2.05) is 25.1 Å². The Morgan fingerprint density at radius 1 is 1.35 bits per heavy atom. The molecule has 104 valence electrons. The van der Waals surface area contributed by atoms with E-state index < -0.39 is 0 Å². The Morgan fingerprint density at radius 2 is 2.10 bits per heavy atom. The van der Waals surface area contributed by atoms with Gasteiger partial charge in [0.25, 0.3) is 5.91 Å². The number of rotatable bonds is 4. The van der Waals surface area contributed by atoms with Gasteiger partial charge in [-0.1, -0.05) is 29.8 Å². The molecule has 1 aromatic carbocycles. The number of nitrogens with two attached hydrogens (primary N) is 1. The lowest BCUT2D eigenvalue weighted by molar-refractivity contribution is 0.0940. The number of carbonyl (C=O) groups is 1. The first-order valence-corrected chi connectivity index (χ1v) is 6.47. The average molecular weight is 291 g/mol. The van der Waals surface area contributed by atoms with Crippen LogP contribution in [0.4, 0.5) is 5.69 Å². The number of pyridine rings is 1. The van der Waals surface area contributed by atoms with Crippen molar-refractivity contribution in [2.45, 2.75) is 13.0 Å². The molecule has 2 aromatic rings. The largest absolute Gasteiger partial charge is 0.345 e. The third kappa shape index (κ3) is 3.07. The average Bonchev–Trinajstić information content (AvgIpc) is 2.47. The monoisotopic (exact) mass is 290 g/mol. The van der Waals surface area contributed by atoms with Crippen LogP contribution in [0.5, 0.6) is 0 Å². The molecule has 1 amide bonds. The van der Waals surface area contributed by atoms with Crippen LogP contribution in [0, 0.1) is 0 Å². The number of hydrogen-bond acceptors (Lipinski definition) is 4. The SMILES string of the molecule is CC(NC(=O)c1cnccc1NN)c1ccccc1Cl. The van der Waals surface area contributed by atoms with Gasteiger partial charge in [0.05, 0.1) is 17.3 Å². The topological polar surface area (TPSA) is 80.0 Å². The second-order valence-electron chi connectivity index (χ2n) is 4.28. The highest BCUT2D eigenvalue weighted by Gasteiger charge is 2.16. The molecule has 4 N–H and O–H groups in total. The summed E-state index contributed by atoms with van der Waals surface area (Å²) in [5.41, 5.74) is 4.23. The van der Waals surface area contributed by atoms with E-state index in [4.69, 9.17) is 17.4 Å². The summed E-state index contributed by atoms with van der Waals surface area (Å²) >= 11 is 6.11. The van der Waals surface area contributed by atoms with Crippen molar-refractivity contribution < 1.29 is 4.79 Å². The normalized spacial score (nSPS) is 11.8. The van der Waals surface area contributed by atoms with Gasteiger partial charge in [-0.2, -0.15) is 0 Å². The number of hydrazine groups is 1. The summed E-state index contributed by atoms with van der Waals surface area (Å²) in [5.74, 6) is 5.11. The predicted octanol–water partition coefficient (Wildman–Crippen LogP) is 2.51. The molecule has 20 heavy (non-hydrogen) atoms. The van der Waals surface area contributed by atoms with Gasteiger partial charge in [-0.15, -0.1) is 0 Å². The minimum Gasteiger partial charge on any atom is -0.345 e. The third-order valence-electron chi connectivity index (χ3n) is 2.94. The molecule has 0 bridgehead atoms. The van der Waals surface area contributed by atoms with Crippen LogP contribution < -0.4 is 16.6 Å². The smallest absolute Gasteiger partial charge is 0.255 e. The molecule has 1 atom stereocenters. The Labute approximate surface area is 122 Å².